The Hall–Kier alpha value is -2.47. The Kier molecular flexibility index (Phi) is 6.50. The van der Waals surface area contributed by atoms with E-state index in [0.29, 0.717) is 10.7 Å². The fourth-order valence-corrected chi connectivity index (χ4v) is 2.16. The van der Waals surface area contributed by atoms with Crippen LogP contribution < -0.4 is 16.2 Å². The zero-order chi connectivity index (χ0) is 16.5. The maximum absolute atomic E-state index is 11.9. The van der Waals surface area contributed by atoms with Crippen LogP contribution in [0.5, 0.6) is 0 Å². The number of carbonyl (C=O) groups is 1. The summed E-state index contributed by atoms with van der Waals surface area (Å²) in [6.07, 6.45) is 6.58. The molecule has 1 aromatic carbocycles. The number of aryl methyl sites for hydroxylation is 1. The van der Waals surface area contributed by atoms with Gasteiger partial charge < -0.3 is 5.32 Å². The van der Waals surface area contributed by atoms with E-state index in [1.807, 2.05) is 12.1 Å². The number of amides is 1. The first kappa shape index (κ1) is 16.9. The number of anilines is 1. The summed E-state index contributed by atoms with van der Waals surface area (Å²) in [5.74, 6) is -0.272. The molecule has 3 N–H and O–H groups in total. The molecule has 1 amide bonds. The van der Waals surface area contributed by atoms with E-state index in [4.69, 9.17) is 12.2 Å². The summed E-state index contributed by atoms with van der Waals surface area (Å²) >= 11 is 5.16. The van der Waals surface area contributed by atoms with Crippen LogP contribution in [0.4, 0.5) is 5.69 Å². The van der Waals surface area contributed by atoms with Gasteiger partial charge in [-0.05, 0) is 54.9 Å². The van der Waals surface area contributed by atoms with Gasteiger partial charge in [0.2, 0.25) is 0 Å². The van der Waals surface area contributed by atoms with Crippen molar-refractivity contribution >= 4 is 28.9 Å². The molecule has 0 fully saturated rings. The molecule has 0 saturated carbocycles. The molecule has 23 heavy (non-hydrogen) atoms. The van der Waals surface area contributed by atoms with Gasteiger partial charge in [-0.25, -0.2) is 0 Å². The largest absolute Gasteiger partial charge is 0.331 e. The molecule has 0 unspecified atom stereocenters. The van der Waals surface area contributed by atoms with Crippen LogP contribution in [0, 0.1) is 0 Å². The van der Waals surface area contributed by atoms with E-state index in [0.717, 1.165) is 12.1 Å². The number of benzene rings is 1. The molecular formula is C17H20N4OS. The average Bonchev–Trinajstić information content (AvgIpc) is 2.60. The molecule has 0 aliphatic rings. The topological polar surface area (TPSA) is 66.0 Å². The zero-order valence-electron chi connectivity index (χ0n) is 13.0. The molecule has 6 heteroatoms. The number of nitrogens with one attached hydrogen (secondary N) is 3. The molecule has 1 heterocycles. The lowest BCUT2D eigenvalue weighted by atomic mass is 10.1. The molecule has 0 spiro atoms. The highest BCUT2D eigenvalue weighted by molar-refractivity contribution is 7.80. The number of nitrogens with zero attached hydrogens (tertiary/aromatic N) is 1. The summed E-state index contributed by atoms with van der Waals surface area (Å²) in [5, 5.41) is 3.35. The molecule has 0 aliphatic carbocycles. The Labute approximate surface area is 141 Å². The average molecular weight is 328 g/mol. The highest BCUT2D eigenvalue weighted by Gasteiger charge is 2.05. The van der Waals surface area contributed by atoms with Gasteiger partial charge in [0.15, 0.2) is 5.11 Å². The first-order chi connectivity index (χ1) is 11.2. The highest BCUT2D eigenvalue weighted by Crippen LogP contribution is 2.11. The number of thiocarbonyl (C=S) groups is 1. The van der Waals surface area contributed by atoms with Crippen molar-refractivity contribution in [3.63, 3.8) is 0 Å². The second-order valence-electron chi connectivity index (χ2n) is 5.07. The number of hydrazine groups is 1. The maximum Gasteiger partial charge on any atom is 0.269 e. The van der Waals surface area contributed by atoms with Crippen LogP contribution in [0.15, 0.2) is 48.8 Å². The Morgan fingerprint density at radius 2 is 1.78 bits per heavy atom. The van der Waals surface area contributed by atoms with Crippen molar-refractivity contribution in [2.75, 3.05) is 5.32 Å². The molecule has 2 aromatic rings. The number of aromatic nitrogens is 1. The van der Waals surface area contributed by atoms with Gasteiger partial charge in [0.1, 0.15) is 0 Å². The summed E-state index contributed by atoms with van der Waals surface area (Å²) in [7, 11) is 0. The third kappa shape index (κ3) is 5.67. The third-order valence-electron chi connectivity index (χ3n) is 3.26. The summed E-state index contributed by atoms with van der Waals surface area (Å²) in [5.41, 5.74) is 7.91. The minimum atomic E-state index is -0.272. The van der Waals surface area contributed by atoms with E-state index in [9.17, 15) is 4.79 Å². The van der Waals surface area contributed by atoms with Gasteiger partial charge in [-0.3, -0.25) is 20.6 Å². The van der Waals surface area contributed by atoms with E-state index < -0.39 is 0 Å². The summed E-state index contributed by atoms with van der Waals surface area (Å²) in [6.45, 7) is 2.18. The number of hydrogen-bond acceptors (Lipinski definition) is 3. The first-order valence-corrected chi connectivity index (χ1v) is 7.96. The number of hydrogen-bond donors (Lipinski definition) is 3. The smallest absolute Gasteiger partial charge is 0.269 e. The Balaban J connectivity index is 1.79. The molecular weight excluding hydrogens is 308 g/mol. The van der Waals surface area contributed by atoms with Crippen LogP contribution in [0.1, 0.15) is 35.7 Å². The maximum atomic E-state index is 11.9. The SMILES string of the molecule is CCCCc1ccc(NC(=S)NNC(=O)c2ccncc2)cc1. The second-order valence-corrected chi connectivity index (χ2v) is 5.48. The van der Waals surface area contributed by atoms with Gasteiger partial charge in [0.25, 0.3) is 5.91 Å². The fraction of sp³-hybridized carbons (Fsp3) is 0.235. The highest BCUT2D eigenvalue weighted by atomic mass is 32.1. The molecule has 1 aromatic heterocycles. The predicted molar refractivity (Wildman–Crippen MR) is 96.1 cm³/mol. The predicted octanol–water partition coefficient (Wildman–Crippen LogP) is 3.06. The second kappa shape index (κ2) is 8.85. The van der Waals surface area contributed by atoms with Gasteiger partial charge >= 0.3 is 0 Å². The Morgan fingerprint density at radius 1 is 1.09 bits per heavy atom. The van der Waals surface area contributed by atoms with E-state index in [1.54, 1.807) is 24.5 Å². The lowest BCUT2D eigenvalue weighted by molar-refractivity contribution is 0.0944. The Morgan fingerprint density at radius 3 is 2.43 bits per heavy atom. The lowest BCUT2D eigenvalue weighted by Crippen LogP contribution is -2.43. The number of carbonyl (C=O) groups excluding carboxylic acids is 1. The van der Waals surface area contributed by atoms with Crippen molar-refractivity contribution < 1.29 is 4.79 Å². The normalized spacial score (nSPS) is 9.96. The first-order valence-electron chi connectivity index (χ1n) is 7.55. The molecule has 0 bridgehead atoms. The number of rotatable bonds is 5. The number of pyridine rings is 1. The molecule has 0 radical (unpaired) electrons. The number of unbranched alkanes of at least 4 members (excludes halogenated alkanes) is 1. The van der Waals surface area contributed by atoms with Gasteiger partial charge in [-0.1, -0.05) is 25.5 Å². The van der Waals surface area contributed by atoms with Crippen LogP contribution in [-0.4, -0.2) is 16.0 Å². The van der Waals surface area contributed by atoms with Crippen LogP contribution >= 0.6 is 12.2 Å². The molecule has 5 nitrogen and oxygen atoms in total. The van der Waals surface area contributed by atoms with Crippen LogP contribution in [0.3, 0.4) is 0 Å². The van der Waals surface area contributed by atoms with Crippen LogP contribution in [0.2, 0.25) is 0 Å². The van der Waals surface area contributed by atoms with Gasteiger partial charge in [0, 0.05) is 23.6 Å². The lowest BCUT2D eigenvalue weighted by Gasteiger charge is -2.12. The zero-order valence-corrected chi connectivity index (χ0v) is 13.8. The van der Waals surface area contributed by atoms with Gasteiger partial charge in [-0.15, -0.1) is 0 Å². The molecule has 2 rings (SSSR count). The van der Waals surface area contributed by atoms with Crippen molar-refractivity contribution in [3.05, 3.63) is 59.9 Å². The summed E-state index contributed by atoms with van der Waals surface area (Å²) in [6, 6.07) is 11.4. The fourth-order valence-electron chi connectivity index (χ4n) is 1.99. The monoisotopic (exact) mass is 328 g/mol. The molecule has 120 valence electrons. The van der Waals surface area contributed by atoms with E-state index >= 15 is 0 Å². The quantitative estimate of drug-likeness (QED) is 0.581. The van der Waals surface area contributed by atoms with Crippen LogP contribution in [-0.2, 0) is 6.42 Å². The minimum Gasteiger partial charge on any atom is -0.331 e. The minimum absolute atomic E-state index is 0.272. The van der Waals surface area contributed by atoms with E-state index in [1.165, 1.54) is 18.4 Å². The molecule has 0 saturated heterocycles. The van der Waals surface area contributed by atoms with Crippen molar-refractivity contribution in [1.82, 2.24) is 15.8 Å². The third-order valence-corrected chi connectivity index (χ3v) is 3.47. The van der Waals surface area contributed by atoms with Crippen molar-refractivity contribution in [3.8, 4) is 0 Å². The molecule has 0 aliphatic heterocycles. The van der Waals surface area contributed by atoms with Crippen molar-refractivity contribution in [2.24, 2.45) is 0 Å². The Bertz CT molecular complexity index is 643. The summed E-state index contributed by atoms with van der Waals surface area (Å²) in [4.78, 5) is 15.7. The van der Waals surface area contributed by atoms with Crippen molar-refractivity contribution in [2.45, 2.75) is 26.2 Å². The van der Waals surface area contributed by atoms with Gasteiger partial charge in [-0.2, -0.15) is 0 Å². The van der Waals surface area contributed by atoms with Crippen LogP contribution in [0.25, 0.3) is 0 Å². The summed E-state index contributed by atoms with van der Waals surface area (Å²) < 4.78 is 0. The van der Waals surface area contributed by atoms with Gasteiger partial charge in [0.05, 0.1) is 0 Å². The standard InChI is InChI=1S/C17H20N4OS/c1-2-3-4-13-5-7-15(8-6-13)19-17(23)21-20-16(22)14-9-11-18-12-10-14/h5-12H,2-4H2,1H3,(H,20,22)(H2,19,21,23). The van der Waals surface area contributed by atoms with E-state index in [2.05, 4.69) is 40.2 Å². The van der Waals surface area contributed by atoms with Crippen molar-refractivity contribution in [1.29, 1.82) is 0 Å². The molecule has 0 atom stereocenters. The van der Waals surface area contributed by atoms with E-state index in [-0.39, 0.29) is 5.91 Å².